The van der Waals surface area contributed by atoms with Crippen LogP contribution in [0.4, 0.5) is 5.69 Å². The Morgan fingerprint density at radius 2 is 2.35 bits per heavy atom. The molecule has 1 fully saturated rings. The molecule has 2 heterocycles. The lowest BCUT2D eigenvalue weighted by Gasteiger charge is -2.27. The van der Waals surface area contributed by atoms with Gasteiger partial charge in [-0.05, 0) is 26.6 Å². The van der Waals surface area contributed by atoms with E-state index in [0.717, 1.165) is 0 Å². The fraction of sp³-hybridized carbons (Fsp3) is 0.538. The van der Waals surface area contributed by atoms with E-state index in [2.05, 4.69) is 4.98 Å². The van der Waals surface area contributed by atoms with Gasteiger partial charge in [0.05, 0.1) is 23.6 Å². The van der Waals surface area contributed by atoms with Crippen molar-refractivity contribution in [1.29, 1.82) is 0 Å². The second-order valence-electron chi connectivity index (χ2n) is 5.36. The van der Waals surface area contributed by atoms with Gasteiger partial charge >= 0.3 is 0 Å². The van der Waals surface area contributed by atoms with E-state index in [-0.39, 0.29) is 17.1 Å². The average molecular weight is 299 g/mol. The zero-order valence-electron chi connectivity index (χ0n) is 11.6. The summed E-state index contributed by atoms with van der Waals surface area (Å²) < 4.78 is 0. The van der Waals surface area contributed by atoms with E-state index in [1.165, 1.54) is 12.3 Å². The molecule has 0 bridgehead atoms. The number of hydrogen-bond donors (Lipinski definition) is 2. The maximum Gasteiger partial charge on any atom is 0.256 e. The number of aliphatic hydroxyl groups is 1. The first-order valence-corrected chi connectivity index (χ1v) is 6.81. The summed E-state index contributed by atoms with van der Waals surface area (Å²) >= 11 is 5.82. The molecule has 3 N–H and O–H groups in total. The second kappa shape index (κ2) is 5.95. The minimum Gasteiger partial charge on any atom is -0.397 e. The van der Waals surface area contributed by atoms with Crippen molar-refractivity contribution in [1.82, 2.24) is 14.8 Å². The minimum absolute atomic E-state index is 0.0289. The van der Waals surface area contributed by atoms with Crippen LogP contribution in [0.1, 0.15) is 16.8 Å². The van der Waals surface area contributed by atoms with Crippen molar-refractivity contribution in [3.8, 4) is 0 Å². The number of nitrogens with zero attached hydrogens (tertiary/aromatic N) is 3. The molecule has 1 saturated heterocycles. The fourth-order valence-electron chi connectivity index (χ4n) is 2.52. The number of nitrogen functional groups attached to an aromatic ring is 1. The van der Waals surface area contributed by atoms with Gasteiger partial charge in [-0.15, -0.1) is 0 Å². The molecule has 0 aliphatic carbocycles. The summed E-state index contributed by atoms with van der Waals surface area (Å²) in [6.45, 7) is 1.01. The molecule has 2 atom stereocenters. The van der Waals surface area contributed by atoms with Crippen molar-refractivity contribution in [3.63, 3.8) is 0 Å². The van der Waals surface area contributed by atoms with Crippen molar-refractivity contribution >= 4 is 23.2 Å². The zero-order chi connectivity index (χ0) is 14.9. The highest BCUT2D eigenvalue weighted by molar-refractivity contribution is 6.29. The monoisotopic (exact) mass is 298 g/mol. The molecule has 1 aromatic rings. The van der Waals surface area contributed by atoms with Gasteiger partial charge < -0.3 is 20.6 Å². The maximum atomic E-state index is 12.6. The van der Waals surface area contributed by atoms with E-state index >= 15 is 0 Å². The van der Waals surface area contributed by atoms with E-state index in [1.807, 2.05) is 19.0 Å². The Bertz CT molecular complexity index is 509. The average Bonchev–Trinajstić information content (AvgIpc) is 2.71. The predicted octanol–water partition coefficient (Wildman–Crippen LogP) is 0.454. The van der Waals surface area contributed by atoms with Crippen molar-refractivity contribution in [3.05, 3.63) is 23.0 Å². The van der Waals surface area contributed by atoms with Crippen LogP contribution >= 0.6 is 11.6 Å². The fourth-order valence-corrected chi connectivity index (χ4v) is 2.67. The van der Waals surface area contributed by atoms with Gasteiger partial charge in [0.2, 0.25) is 0 Å². The molecule has 6 nitrogen and oxygen atoms in total. The van der Waals surface area contributed by atoms with E-state index in [0.29, 0.717) is 30.8 Å². The molecule has 0 radical (unpaired) electrons. The summed E-state index contributed by atoms with van der Waals surface area (Å²) in [7, 11) is 3.87. The van der Waals surface area contributed by atoms with E-state index in [4.69, 9.17) is 17.3 Å². The number of carbonyl (C=O) groups excluding carboxylic acids is 1. The van der Waals surface area contributed by atoms with Gasteiger partial charge in [0, 0.05) is 19.1 Å². The molecule has 2 rings (SSSR count). The number of β-amino-alcohol motifs (C(OH)–C–C–N with tert-alkyl or cyclic N) is 1. The van der Waals surface area contributed by atoms with Crippen molar-refractivity contribution in [2.75, 3.05) is 32.9 Å². The number of likely N-dealkylation sites (N-methyl/N-ethyl adjacent to an activating group) is 1. The van der Waals surface area contributed by atoms with Crippen molar-refractivity contribution in [2.45, 2.75) is 18.6 Å². The molecular weight excluding hydrogens is 280 g/mol. The lowest BCUT2D eigenvalue weighted by molar-refractivity contribution is 0.0700. The highest BCUT2D eigenvalue weighted by Crippen LogP contribution is 2.24. The predicted molar refractivity (Wildman–Crippen MR) is 77.7 cm³/mol. The van der Waals surface area contributed by atoms with Crippen LogP contribution in [-0.2, 0) is 0 Å². The van der Waals surface area contributed by atoms with Crippen LogP contribution in [0.5, 0.6) is 0 Å². The summed E-state index contributed by atoms with van der Waals surface area (Å²) in [6, 6.07) is 1.44. The number of nitrogens with two attached hydrogens (primary N) is 1. The molecule has 0 aromatic carbocycles. The topological polar surface area (TPSA) is 82.7 Å². The lowest BCUT2D eigenvalue weighted by atomic mass is 10.1. The Hall–Kier alpha value is -1.37. The first-order chi connectivity index (χ1) is 9.38. The SMILES string of the molecule is CN(C)CC1CC(O)CN1C(=O)c1cc(Cl)ncc1N. The van der Waals surface area contributed by atoms with Crippen LogP contribution in [0.2, 0.25) is 5.15 Å². The first kappa shape index (κ1) is 15.0. The largest absolute Gasteiger partial charge is 0.397 e. The van der Waals surface area contributed by atoms with Gasteiger partial charge in [0.25, 0.3) is 5.91 Å². The van der Waals surface area contributed by atoms with Crippen molar-refractivity contribution in [2.24, 2.45) is 0 Å². The number of likely N-dealkylation sites (tertiary alicyclic amines) is 1. The number of pyridine rings is 1. The zero-order valence-corrected chi connectivity index (χ0v) is 12.3. The van der Waals surface area contributed by atoms with Crippen molar-refractivity contribution < 1.29 is 9.90 Å². The van der Waals surface area contributed by atoms with Crippen LogP contribution in [-0.4, -0.2) is 65.1 Å². The van der Waals surface area contributed by atoms with Crippen LogP contribution in [0, 0.1) is 0 Å². The number of rotatable bonds is 3. The number of halogens is 1. The molecule has 0 spiro atoms. The molecule has 0 saturated carbocycles. The summed E-state index contributed by atoms with van der Waals surface area (Å²) in [5.74, 6) is -0.213. The van der Waals surface area contributed by atoms with E-state index in [1.54, 1.807) is 4.90 Å². The van der Waals surface area contributed by atoms with Gasteiger partial charge in [-0.25, -0.2) is 4.98 Å². The number of aromatic nitrogens is 1. The molecule has 1 aliphatic rings. The summed E-state index contributed by atoms with van der Waals surface area (Å²) in [5.41, 5.74) is 6.43. The van der Waals surface area contributed by atoms with E-state index < -0.39 is 6.10 Å². The smallest absolute Gasteiger partial charge is 0.256 e. The Morgan fingerprint density at radius 1 is 1.65 bits per heavy atom. The first-order valence-electron chi connectivity index (χ1n) is 6.43. The van der Waals surface area contributed by atoms with Gasteiger partial charge in [-0.1, -0.05) is 11.6 Å². The highest BCUT2D eigenvalue weighted by atomic mass is 35.5. The lowest BCUT2D eigenvalue weighted by Crippen LogP contribution is -2.41. The molecule has 1 aromatic heterocycles. The quantitative estimate of drug-likeness (QED) is 0.792. The Balaban J connectivity index is 2.24. The van der Waals surface area contributed by atoms with Gasteiger partial charge in [-0.3, -0.25) is 4.79 Å². The summed E-state index contributed by atoms with van der Waals surface area (Å²) in [4.78, 5) is 20.1. The molecule has 2 unspecified atom stereocenters. The molecule has 1 amide bonds. The third-order valence-corrected chi connectivity index (χ3v) is 3.57. The molecular formula is C13H19ClN4O2. The highest BCUT2D eigenvalue weighted by Gasteiger charge is 2.35. The Labute approximate surface area is 123 Å². The van der Waals surface area contributed by atoms with Crippen LogP contribution in [0.3, 0.4) is 0 Å². The van der Waals surface area contributed by atoms with Gasteiger partial charge in [-0.2, -0.15) is 0 Å². The van der Waals surface area contributed by atoms with Gasteiger partial charge in [0.1, 0.15) is 5.15 Å². The third-order valence-electron chi connectivity index (χ3n) is 3.36. The minimum atomic E-state index is -0.498. The number of carbonyl (C=O) groups is 1. The van der Waals surface area contributed by atoms with Crippen LogP contribution in [0.15, 0.2) is 12.3 Å². The molecule has 1 aliphatic heterocycles. The number of aliphatic hydroxyl groups excluding tert-OH is 1. The van der Waals surface area contributed by atoms with E-state index in [9.17, 15) is 9.90 Å². The summed E-state index contributed by atoms with van der Waals surface area (Å²) in [6.07, 6.45) is 1.45. The Kier molecular flexibility index (Phi) is 4.47. The summed E-state index contributed by atoms with van der Waals surface area (Å²) in [5, 5.41) is 10.0. The van der Waals surface area contributed by atoms with Crippen LogP contribution < -0.4 is 5.73 Å². The molecule has 20 heavy (non-hydrogen) atoms. The maximum absolute atomic E-state index is 12.6. The molecule has 110 valence electrons. The molecule has 7 heteroatoms. The third kappa shape index (κ3) is 3.20. The normalized spacial score (nSPS) is 22.6. The standard InChI is InChI=1S/C13H19ClN4O2/c1-17(2)6-8-3-9(19)7-18(8)13(20)10-4-12(14)16-5-11(10)15/h4-5,8-9,19H,3,6-7,15H2,1-2H3. The Morgan fingerprint density at radius 3 is 3.00 bits per heavy atom. The number of amides is 1. The number of anilines is 1. The van der Waals surface area contributed by atoms with Crippen LogP contribution in [0.25, 0.3) is 0 Å². The second-order valence-corrected chi connectivity index (χ2v) is 5.74. The number of hydrogen-bond acceptors (Lipinski definition) is 5. The van der Waals surface area contributed by atoms with Gasteiger partial charge in [0.15, 0.2) is 0 Å².